The summed E-state index contributed by atoms with van der Waals surface area (Å²) in [5, 5.41) is 0. The normalized spacial score (nSPS) is 11.5. The molecule has 0 radical (unpaired) electrons. The molecule has 0 saturated carbocycles. The van der Waals surface area contributed by atoms with Crippen molar-refractivity contribution in [3.8, 4) is 0 Å². The molecule has 0 unspecified atom stereocenters. The SMILES string of the molecule is CCCCO[SiH](C=Cc1ccccc1)OCCCC. The van der Waals surface area contributed by atoms with Gasteiger partial charge in [0, 0.05) is 13.2 Å². The molecule has 0 aliphatic heterocycles. The van der Waals surface area contributed by atoms with Gasteiger partial charge in [0.2, 0.25) is 0 Å². The molecule has 0 aromatic heterocycles. The summed E-state index contributed by atoms with van der Waals surface area (Å²) in [5.74, 6) is 0. The van der Waals surface area contributed by atoms with E-state index in [1.807, 2.05) is 18.2 Å². The lowest BCUT2D eigenvalue weighted by atomic mass is 10.2. The number of unbranched alkanes of at least 4 members (excludes halogenated alkanes) is 2. The van der Waals surface area contributed by atoms with E-state index in [0.717, 1.165) is 26.1 Å². The summed E-state index contributed by atoms with van der Waals surface area (Å²) >= 11 is 0. The molecule has 0 fully saturated rings. The first-order valence-electron chi connectivity index (χ1n) is 7.33. The zero-order valence-electron chi connectivity index (χ0n) is 12.2. The van der Waals surface area contributed by atoms with Gasteiger partial charge in [0.15, 0.2) is 0 Å². The minimum atomic E-state index is -1.65. The molecule has 2 nitrogen and oxygen atoms in total. The van der Waals surface area contributed by atoms with Gasteiger partial charge in [-0.2, -0.15) is 0 Å². The monoisotopic (exact) mass is 278 g/mol. The van der Waals surface area contributed by atoms with E-state index in [-0.39, 0.29) is 0 Å². The fourth-order valence-electron chi connectivity index (χ4n) is 1.60. The third-order valence-electron chi connectivity index (χ3n) is 2.81. The minimum absolute atomic E-state index is 0.818. The van der Waals surface area contributed by atoms with Crippen LogP contribution in [0.3, 0.4) is 0 Å². The molecule has 3 heteroatoms. The van der Waals surface area contributed by atoms with Crippen molar-refractivity contribution < 1.29 is 8.85 Å². The van der Waals surface area contributed by atoms with Crippen LogP contribution in [0.2, 0.25) is 0 Å². The number of rotatable bonds is 10. The van der Waals surface area contributed by atoms with Gasteiger partial charge in [-0.15, -0.1) is 0 Å². The second kappa shape index (κ2) is 11.0. The highest BCUT2D eigenvalue weighted by atomic mass is 28.3. The van der Waals surface area contributed by atoms with Crippen molar-refractivity contribution in [2.75, 3.05) is 13.2 Å². The van der Waals surface area contributed by atoms with Crippen LogP contribution < -0.4 is 0 Å². The fourth-order valence-corrected chi connectivity index (χ4v) is 3.10. The molecule has 0 spiro atoms. The maximum atomic E-state index is 5.88. The van der Waals surface area contributed by atoms with Crippen LogP contribution in [-0.2, 0) is 8.85 Å². The maximum Gasteiger partial charge on any atom is 0.348 e. The zero-order chi connectivity index (χ0) is 13.8. The van der Waals surface area contributed by atoms with E-state index in [0.29, 0.717) is 0 Å². The van der Waals surface area contributed by atoms with Crippen LogP contribution in [-0.4, -0.2) is 22.5 Å². The molecular formula is C16H26O2Si. The van der Waals surface area contributed by atoms with Crippen LogP contribution in [0.15, 0.2) is 36.0 Å². The molecule has 0 N–H and O–H groups in total. The molecule has 19 heavy (non-hydrogen) atoms. The number of hydrogen-bond donors (Lipinski definition) is 0. The van der Waals surface area contributed by atoms with E-state index < -0.39 is 9.28 Å². The standard InChI is InChI=1S/C16H26O2Si/c1-3-5-13-17-19(18-14-6-4-2)15-12-16-10-8-7-9-11-16/h7-12,15,19H,3-6,13-14H2,1-2H3. The summed E-state index contributed by atoms with van der Waals surface area (Å²) in [7, 11) is -1.65. The van der Waals surface area contributed by atoms with Crippen LogP contribution in [0.1, 0.15) is 45.1 Å². The van der Waals surface area contributed by atoms with Gasteiger partial charge in [0.1, 0.15) is 0 Å². The molecule has 0 aliphatic rings. The molecule has 1 aromatic rings. The van der Waals surface area contributed by atoms with Crippen molar-refractivity contribution in [3.63, 3.8) is 0 Å². The topological polar surface area (TPSA) is 18.5 Å². The van der Waals surface area contributed by atoms with Gasteiger partial charge >= 0.3 is 9.28 Å². The predicted octanol–water partition coefficient (Wildman–Crippen LogP) is 4.09. The Kier molecular flexibility index (Phi) is 9.32. The summed E-state index contributed by atoms with van der Waals surface area (Å²) in [5.41, 5.74) is 3.35. The third kappa shape index (κ3) is 7.98. The lowest BCUT2D eigenvalue weighted by Crippen LogP contribution is -2.22. The Morgan fingerprint density at radius 1 is 0.947 bits per heavy atom. The molecule has 0 heterocycles. The first kappa shape index (κ1) is 16.2. The highest BCUT2D eigenvalue weighted by molar-refractivity contribution is 6.51. The van der Waals surface area contributed by atoms with E-state index in [4.69, 9.17) is 8.85 Å². The van der Waals surface area contributed by atoms with Crippen LogP contribution in [0.5, 0.6) is 0 Å². The lowest BCUT2D eigenvalue weighted by Gasteiger charge is -2.13. The van der Waals surface area contributed by atoms with E-state index >= 15 is 0 Å². The molecule has 0 bridgehead atoms. The van der Waals surface area contributed by atoms with Gasteiger partial charge in [-0.3, -0.25) is 0 Å². The van der Waals surface area contributed by atoms with Gasteiger partial charge in [0.25, 0.3) is 0 Å². The molecule has 0 saturated heterocycles. The molecule has 1 rings (SSSR count). The molecule has 0 atom stereocenters. The summed E-state index contributed by atoms with van der Waals surface area (Å²) in [6, 6.07) is 10.3. The highest BCUT2D eigenvalue weighted by Crippen LogP contribution is 2.04. The molecule has 0 aliphatic carbocycles. The van der Waals surface area contributed by atoms with Gasteiger partial charge < -0.3 is 8.85 Å². The largest absolute Gasteiger partial charge is 0.394 e. The average Bonchev–Trinajstić information content (AvgIpc) is 2.45. The Balaban J connectivity index is 2.44. The van der Waals surface area contributed by atoms with E-state index in [1.165, 1.54) is 18.4 Å². The quantitative estimate of drug-likeness (QED) is 0.474. The highest BCUT2D eigenvalue weighted by Gasteiger charge is 2.08. The molecule has 1 aromatic carbocycles. The molecule has 0 amide bonds. The average molecular weight is 278 g/mol. The Morgan fingerprint density at radius 2 is 1.53 bits per heavy atom. The van der Waals surface area contributed by atoms with Crippen molar-refractivity contribution in [1.29, 1.82) is 0 Å². The second-order valence-corrected chi connectivity index (χ2v) is 6.38. The summed E-state index contributed by atoms with van der Waals surface area (Å²) < 4.78 is 11.8. The third-order valence-corrected chi connectivity index (χ3v) is 4.44. The van der Waals surface area contributed by atoms with Crippen molar-refractivity contribution in [1.82, 2.24) is 0 Å². The van der Waals surface area contributed by atoms with Crippen molar-refractivity contribution in [2.24, 2.45) is 0 Å². The fraction of sp³-hybridized carbons (Fsp3) is 0.500. The van der Waals surface area contributed by atoms with E-state index in [2.05, 4.69) is 37.8 Å². The van der Waals surface area contributed by atoms with Gasteiger partial charge in [-0.1, -0.05) is 63.1 Å². The summed E-state index contributed by atoms with van der Waals surface area (Å²) in [4.78, 5) is 0. The Hall–Kier alpha value is -0.903. The molecule has 106 valence electrons. The van der Waals surface area contributed by atoms with Gasteiger partial charge in [0.05, 0.1) is 0 Å². The van der Waals surface area contributed by atoms with Gasteiger partial charge in [-0.25, -0.2) is 0 Å². The maximum absolute atomic E-state index is 5.88. The van der Waals surface area contributed by atoms with E-state index in [1.54, 1.807) is 0 Å². The first-order chi connectivity index (χ1) is 9.36. The van der Waals surface area contributed by atoms with Gasteiger partial charge in [-0.05, 0) is 24.1 Å². The molecular weight excluding hydrogens is 252 g/mol. The Morgan fingerprint density at radius 3 is 2.05 bits per heavy atom. The van der Waals surface area contributed by atoms with Crippen molar-refractivity contribution >= 4 is 15.4 Å². The number of hydrogen-bond acceptors (Lipinski definition) is 2. The zero-order valence-corrected chi connectivity index (χ0v) is 13.3. The van der Waals surface area contributed by atoms with Crippen LogP contribution in [0.4, 0.5) is 0 Å². The Labute approximate surface area is 119 Å². The summed E-state index contributed by atoms with van der Waals surface area (Å²) in [6.07, 6.45) is 6.67. The van der Waals surface area contributed by atoms with Crippen molar-refractivity contribution in [2.45, 2.75) is 39.5 Å². The summed E-state index contributed by atoms with van der Waals surface area (Å²) in [6.45, 7) is 5.99. The smallest absolute Gasteiger partial charge is 0.348 e. The van der Waals surface area contributed by atoms with Crippen LogP contribution in [0, 0.1) is 0 Å². The Bertz CT molecular complexity index is 328. The first-order valence-corrected chi connectivity index (χ1v) is 8.94. The second-order valence-electron chi connectivity index (χ2n) is 4.59. The number of benzene rings is 1. The lowest BCUT2D eigenvalue weighted by molar-refractivity contribution is 0.201. The van der Waals surface area contributed by atoms with Crippen LogP contribution in [0.25, 0.3) is 6.08 Å². The minimum Gasteiger partial charge on any atom is -0.394 e. The van der Waals surface area contributed by atoms with Crippen LogP contribution >= 0.6 is 0 Å². The van der Waals surface area contributed by atoms with E-state index in [9.17, 15) is 0 Å². The van der Waals surface area contributed by atoms with Crippen molar-refractivity contribution in [3.05, 3.63) is 41.6 Å². The predicted molar refractivity (Wildman–Crippen MR) is 84.3 cm³/mol.